The lowest BCUT2D eigenvalue weighted by Gasteiger charge is -2.19. The lowest BCUT2D eigenvalue weighted by Crippen LogP contribution is -2.29. The van der Waals surface area contributed by atoms with E-state index >= 15 is 0 Å². The maximum Gasteiger partial charge on any atom is 0.309 e. The van der Waals surface area contributed by atoms with Gasteiger partial charge in [0, 0.05) is 31.0 Å². The van der Waals surface area contributed by atoms with Crippen LogP contribution < -0.4 is 0 Å². The number of fused-ring (bicyclic) bond motifs is 1. The molecule has 1 unspecified atom stereocenters. The Balaban J connectivity index is 2.16. The van der Waals surface area contributed by atoms with Crippen molar-refractivity contribution in [2.75, 3.05) is 20.7 Å². The molecule has 0 aromatic carbocycles. The highest BCUT2D eigenvalue weighted by atomic mass is 16.5. The summed E-state index contributed by atoms with van der Waals surface area (Å²) in [5, 5.41) is 9.37. The summed E-state index contributed by atoms with van der Waals surface area (Å²) in [4.78, 5) is 13.5. The Bertz CT molecular complexity index is 684. The number of hydrogen-bond acceptors (Lipinski definition) is 4. The average Bonchev–Trinajstić information content (AvgIpc) is 2.82. The zero-order chi connectivity index (χ0) is 15.4. The van der Waals surface area contributed by atoms with Crippen LogP contribution in [-0.2, 0) is 16.1 Å². The van der Waals surface area contributed by atoms with Crippen LogP contribution in [0, 0.1) is 17.2 Å². The molecular weight excluding hydrogens is 266 g/mol. The number of nitrogens with zero attached hydrogens (tertiary/aromatic N) is 3. The van der Waals surface area contributed by atoms with Gasteiger partial charge in [0.05, 0.1) is 24.1 Å². The van der Waals surface area contributed by atoms with Gasteiger partial charge in [0.15, 0.2) is 0 Å². The number of rotatable bonds is 5. The Morgan fingerprint density at radius 1 is 1.52 bits per heavy atom. The molecule has 2 aromatic rings. The van der Waals surface area contributed by atoms with E-state index in [-0.39, 0.29) is 11.9 Å². The van der Waals surface area contributed by atoms with Gasteiger partial charge in [0.2, 0.25) is 0 Å². The van der Waals surface area contributed by atoms with Crippen molar-refractivity contribution in [3.05, 3.63) is 41.7 Å². The number of methoxy groups -OCH3 is 1. The van der Waals surface area contributed by atoms with Crippen LogP contribution in [0.1, 0.15) is 18.1 Å². The average molecular weight is 285 g/mol. The molecule has 2 heterocycles. The van der Waals surface area contributed by atoms with Crippen molar-refractivity contribution < 1.29 is 9.53 Å². The number of ether oxygens (including phenoxy) is 1. The molecule has 0 spiro atoms. The third kappa shape index (κ3) is 3.23. The predicted octanol–water partition coefficient (Wildman–Crippen LogP) is 2.05. The fourth-order valence-corrected chi connectivity index (χ4v) is 2.52. The summed E-state index contributed by atoms with van der Waals surface area (Å²) in [6.07, 6.45) is 3.89. The van der Waals surface area contributed by atoms with Crippen LogP contribution in [-0.4, -0.2) is 36.0 Å². The van der Waals surface area contributed by atoms with Gasteiger partial charge < -0.3 is 14.0 Å². The van der Waals surface area contributed by atoms with Crippen molar-refractivity contribution in [2.45, 2.75) is 13.5 Å². The van der Waals surface area contributed by atoms with Gasteiger partial charge >= 0.3 is 5.97 Å². The Labute approximate surface area is 124 Å². The molecule has 0 aliphatic heterocycles. The number of esters is 1. The van der Waals surface area contributed by atoms with Crippen LogP contribution in [0.5, 0.6) is 0 Å². The third-order valence-corrected chi connectivity index (χ3v) is 3.50. The van der Waals surface area contributed by atoms with E-state index in [2.05, 4.69) is 6.07 Å². The maximum absolute atomic E-state index is 11.5. The number of nitriles is 1. The van der Waals surface area contributed by atoms with Crippen LogP contribution in [0.3, 0.4) is 0 Å². The largest absolute Gasteiger partial charge is 0.469 e. The molecule has 0 N–H and O–H groups in total. The second-order valence-corrected chi connectivity index (χ2v) is 5.26. The first-order valence-corrected chi connectivity index (χ1v) is 6.81. The SMILES string of the molecule is COC(=O)C(C)CN(C)Cc1cn2ccccc2c1C#N. The van der Waals surface area contributed by atoms with Crippen molar-refractivity contribution in [1.29, 1.82) is 5.26 Å². The fourth-order valence-electron chi connectivity index (χ4n) is 2.52. The smallest absolute Gasteiger partial charge is 0.309 e. The highest BCUT2D eigenvalue weighted by molar-refractivity contribution is 5.72. The van der Waals surface area contributed by atoms with Gasteiger partial charge in [-0.1, -0.05) is 13.0 Å². The minimum Gasteiger partial charge on any atom is -0.469 e. The topological polar surface area (TPSA) is 57.7 Å². The molecule has 0 aliphatic carbocycles. The fraction of sp³-hybridized carbons (Fsp3) is 0.375. The summed E-state index contributed by atoms with van der Waals surface area (Å²) < 4.78 is 6.68. The second-order valence-electron chi connectivity index (χ2n) is 5.26. The maximum atomic E-state index is 11.5. The van der Waals surface area contributed by atoms with Crippen molar-refractivity contribution >= 4 is 11.5 Å². The molecule has 21 heavy (non-hydrogen) atoms. The monoisotopic (exact) mass is 285 g/mol. The van der Waals surface area contributed by atoms with Crippen LogP contribution in [0.25, 0.3) is 5.52 Å². The zero-order valence-electron chi connectivity index (χ0n) is 12.5. The van der Waals surface area contributed by atoms with E-state index in [0.717, 1.165) is 11.1 Å². The summed E-state index contributed by atoms with van der Waals surface area (Å²) in [7, 11) is 3.33. The summed E-state index contributed by atoms with van der Waals surface area (Å²) in [5.41, 5.74) is 2.56. The molecule has 0 saturated carbocycles. The van der Waals surface area contributed by atoms with Crippen LogP contribution in [0.15, 0.2) is 30.6 Å². The molecule has 0 amide bonds. The van der Waals surface area contributed by atoms with Gasteiger partial charge in [-0.2, -0.15) is 5.26 Å². The molecule has 0 radical (unpaired) electrons. The first kappa shape index (κ1) is 15.1. The molecule has 5 heteroatoms. The number of carbonyl (C=O) groups is 1. The van der Waals surface area contributed by atoms with Crippen molar-refractivity contribution in [3.8, 4) is 6.07 Å². The zero-order valence-corrected chi connectivity index (χ0v) is 12.5. The molecule has 0 saturated heterocycles. The van der Waals surface area contributed by atoms with Crippen molar-refractivity contribution in [2.24, 2.45) is 5.92 Å². The van der Waals surface area contributed by atoms with Crippen molar-refractivity contribution in [3.63, 3.8) is 0 Å². The molecule has 2 aromatic heterocycles. The first-order chi connectivity index (χ1) is 10.1. The Hall–Kier alpha value is -2.32. The number of aromatic nitrogens is 1. The van der Waals surface area contributed by atoms with Crippen LogP contribution in [0.4, 0.5) is 0 Å². The van der Waals surface area contributed by atoms with Crippen LogP contribution in [0.2, 0.25) is 0 Å². The summed E-state index contributed by atoms with van der Waals surface area (Å²) in [6, 6.07) is 8.05. The molecule has 110 valence electrons. The Morgan fingerprint density at radius 3 is 2.95 bits per heavy atom. The normalized spacial score (nSPS) is 12.3. The Kier molecular flexibility index (Phi) is 4.61. The van der Waals surface area contributed by atoms with Crippen molar-refractivity contribution in [1.82, 2.24) is 9.30 Å². The van der Waals surface area contributed by atoms with E-state index in [1.807, 2.05) is 53.9 Å². The number of pyridine rings is 1. The van der Waals surface area contributed by atoms with Gasteiger partial charge in [-0.15, -0.1) is 0 Å². The minimum atomic E-state index is -0.218. The summed E-state index contributed by atoms with van der Waals surface area (Å²) in [6.45, 7) is 3.04. The van der Waals surface area contributed by atoms with E-state index in [9.17, 15) is 10.1 Å². The minimum absolute atomic E-state index is 0.192. The standard InChI is InChI=1S/C16H19N3O2/c1-12(16(20)21-3)9-18(2)10-13-11-19-7-5-4-6-15(19)14(13)8-17/h4-7,11-12H,9-10H2,1-3H3. The molecule has 0 aliphatic rings. The molecular formula is C16H19N3O2. The Morgan fingerprint density at radius 2 is 2.29 bits per heavy atom. The second kappa shape index (κ2) is 6.42. The van der Waals surface area contributed by atoms with E-state index in [0.29, 0.717) is 18.7 Å². The third-order valence-electron chi connectivity index (χ3n) is 3.50. The molecule has 1 atom stereocenters. The highest BCUT2D eigenvalue weighted by Gasteiger charge is 2.17. The summed E-state index contributed by atoms with van der Waals surface area (Å²) in [5.74, 6) is -0.410. The molecule has 0 bridgehead atoms. The molecule has 5 nitrogen and oxygen atoms in total. The van der Waals surface area contributed by atoms with E-state index in [4.69, 9.17) is 4.74 Å². The van der Waals surface area contributed by atoms with Gasteiger partial charge in [-0.05, 0) is 19.2 Å². The predicted molar refractivity (Wildman–Crippen MR) is 79.6 cm³/mol. The summed E-state index contributed by atoms with van der Waals surface area (Å²) >= 11 is 0. The molecule has 0 fully saturated rings. The lowest BCUT2D eigenvalue weighted by atomic mass is 10.1. The highest BCUT2D eigenvalue weighted by Crippen LogP contribution is 2.19. The van der Waals surface area contributed by atoms with E-state index in [1.165, 1.54) is 7.11 Å². The first-order valence-electron chi connectivity index (χ1n) is 6.81. The van der Waals surface area contributed by atoms with E-state index in [1.54, 1.807) is 0 Å². The lowest BCUT2D eigenvalue weighted by molar-refractivity contribution is -0.145. The number of carbonyl (C=O) groups excluding carboxylic acids is 1. The number of hydrogen-bond donors (Lipinski definition) is 0. The van der Waals surface area contributed by atoms with Gasteiger partial charge in [-0.3, -0.25) is 4.79 Å². The van der Waals surface area contributed by atoms with Gasteiger partial charge in [0.1, 0.15) is 6.07 Å². The van der Waals surface area contributed by atoms with Gasteiger partial charge in [-0.25, -0.2) is 0 Å². The van der Waals surface area contributed by atoms with Crippen LogP contribution >= 0.6 is 0 Å². The van der Waals surface area contributed by atoms with E-state index < -0.39 is 0 Å². The quantitative estimate of drug-likeness (QED) is 0.789. The molecule has 2 rings (SSSR count). The van der Waals surface area contributed by atoms with Gasteiger partial charge in [0.25, 0.3) is 0 Å².